The van der Waals surface area contributed by atoms with E-state index in [9.17, 15) is 8.42 Å². The fraction of sp³-hybridized carbons (Fsp3) is 0.143. The second-order valence-electron chi connectivity index (χ2n) is 6.36. The van der Waals surface area contributed by atoms with E-state index in [0.717, 1.165) is 15.8 Å². The normalized spacial score (nSPS) is 11.9. The summed E-state index contributed by atoms with van der Waals surface area (Å²) in [6.45, 7) is 0.658. The summed E-state index contributed by atoms with van der Waals surface area (Å²) in [5, 5.41) is 2.81. The SMILES string of the molecule is O=S(=O)(c1cccc2cccnc12)N(CCc1cccs1)Cc1cccnc1. The Labute approximate surface area is 168 Å². The van der Waals surface area contributed by atoms with Gasteiger partial charge >= 0.3 is 0 Å². The predicted octanol–water partition coefficient (Wildman–Crippen LogP) is 4.12. The van der Waals surface area contributed by atoms with Gasteiger partial charge in [-0.3, -0.25) is 9.97 Å². The Morgan fingerprint density at radius 2 is 1.82 bits per heavy atom. The van der Waals surface area contributed by atoms with E-state index in [0.29, 0.717) is 18.5 Å². The molecule has 0 spiro atoms. The summed E-state index contributed by atoms with van der Waals surface area (Å²) in [5.74, 6) is 0. The molecule has 0 fully saturated rings. The van der Waals surface area contributed by atoms with Gasteiger partial charge in [-0.1, -0.05) is 30.3 Å². The van der Waals surface area contributed by atoms with Gasteiger partial charge < -0.3 is 0 Å². The molecule has 3 heterocycles. The second kappa shape index (κ2) is 8.18. The van der Waals surface area contributed by atoms with Crippen molar-refractivity contribution >= 4 is 32.3 Å². The van der Waals surface area contributed by atoms with Crippen LogP contribution in [0.2, 0.25) is 0 Å². The van der Waals surface area contributed by atoms with Crippen molar-refractivity contribution in [3.05, 3.63) is 89.0 Å². The van der Waals surface area contributed by atoms with Gasteiger partial charge in [-0.25, -0.2) is 8.42 Å². The molecule has 0 aliphatic carbocycles. The molecule has 0 unspecified atom stereocenters. The van der Waals surface area contributed by atoms with Crippen molar-refractivity contribution in [1.82, 2.24) is 14.3 Å². The van der Waals surface area contributed by atoms with E-state index in [-0.39, 0.29) is 11.4 Å². The third kappa shape index (κ3) is 3.96. The lowest BCUT2D eigenvalue weighted by molar-refractivity contribution is 0.410. The van der Waals surface area contributed by atoms with Crippen molar-refractivity contribution in [2.75, 3.05) is 6.54 Å². The zero-order chi connectivity index (χ0) is 19.4. The fourth-order valence-corrected chi connectivity index (χ4v) is 5.39. The van der Waals surface area contributed by atoms with Crippen molar-refractivity contribution < 1.29 is 8.42 Å². The maximum absolute atomic E-state index is 13.6. The van der Waals surface area contributed by atoms with Gasteiger partial charge in [0.05, 0.1) is 5.52 Å². The van der Waals surface area contributed by atoms with Crippen LogP contribution in [0.1, 0.15) is 10.4 Å². The molecule has 0 radical (unpaired) electrons. The maximum Gasteiger partial charge on any atom is 0.245 e. The molecule has 0 atom stereocenters. The van der Waals surface area contributed by atoms with Crippen LogP contribution < -0.4 is 0 Å². The Morgan fingerprint density at radius 1 is 0.964 bits per heavy atom. The Kier molecular flexibility index (Phi) is 5.47. The van der Waals surface area contributed by atoms with Crippen molar-refractivity contribution in [2.45, 2.75) is 17.9 Å². The molecule has 0 saturated heterocycles. The standard InChI is InChI=1S/C21H19N3O2S2/c25-28(26,20-9-1-6-18-7-3-12-23-21(18)20)24(13-10-19-8-4-14-27-19)16-17-5-2-11-22-15-17/h1-9,11-12,14-15H,10,13,16H2. The lowest BCUT2D eigenvalue weighted by Crippen LogP contribution is -2.32. The Balaban J connectivity index is 1.72. The minimum Gasteiger partial charge on any atom is -0.264 e. The number of fused-ring (bicyclic) bond motifs is 1. The van der Waals surface area contributed by atoms with Crippen LogP contribution in [0.25, 0.3) is 10.9 Å². The fourth-order valence-electron chi connectivity index (χ4n) is 3.09. The van der Waals surface area contributed by atoms with Crippen molar-refractivity contribution in [3.63, 3.8) is 0 Å². The molecule has 0 amide bonds. The van der Waals surface area contributed by atoms with E-state index >= 15 is 0 Å². The molecule has 0 bridgehead atoms. The van der Waals surface area contributed by atoms with Crippen LogP contribution in [0.4, 0.5) is 0 Å². The third-order valence-corrected chi connectivity index (χ3v) is 7.30. The molecule has 0 aliphatic heterocycles. The zero-order valence-corrected chi connectivity index (χ0v) is 16.7. The summed E-state index contributed by atoms with van der Waals surface area (Å²) in [6.07, 6.45) is 5.67. The van der Waals surface area contributed by atoms with Crippen molar-refractivity contribution in [2.24, 2.45) is 0 Å². The number of nitrogens with zero attached hydrogens (tertiary/aromatic N) is 3. The molecule has 5 nitrogen and oxygen atoms in total. The van der Waals surface area contributed by atoms with Gasteiger partial charge in [0.2, 0.25) is 10.0 Å². The number of rotatable bonds is 7. The molecule has 1 aromatic carbocycles. The summed E-state index contributed by atoms with van der Waals surface area (Å²) >= 11 is 1.63. The molecule has 4 rings (SSSR count). The number of para-hydroxylation sites is 1. The van der Waals surface area contributed by atoms with Crippen LogP contribution in [0.15, 0.2) is 83.5 Å². The molecule has 3 aromatic heterocycles. The number of aromatic nitrogens is 2. The lowest BCUT2D eigenvalue weighted by Gasteiger charge is -2.22. The van der Waals surface area contributed by atoms with Crippen LogP contribution in [0.5, 0.6) is 0 Å². The number of hydrogen-bond donors (Lipinski definition) is 0. The monoisotopic (exact) mass is 409 g/mol. The maximum atomic E-state index is 13.6. The van der Waals surface area contributed by atoms with E-state index in [1.54, 1.807) is 42.1 Å². The average molecular weight is 410 g/mol. The predicted molar refractivity (Wildman–Crippen MR) is 112 cm³/mol. The highest BCUT2D eigenvalue weighted by molar-refractivity contribution is 7.89. The second-order valence-corrected chi connectivity index (χ2v) is 9.30. The topological polar surface area (TPSA) is 63.2 Å². The first-order valence-electron chi connectivity index (χ1n) is 8.90. The average Bonchev–Trinajstić information content (AvgIpc) is 3.25. The first-order chi connectivity index (χ1) is 13.6. The van der Waals surface area contributed by atoms with Crippen molar-refractivity contribution in [1.29, 1.82) is 0 Å². The smallest absolute Gasteiger partial charge is 0.245 e. The minimum absolute atomic E-state index is 0.237. The number of thiophene rings is 1. The zero-order valence-electron chi connectivity index (χ0n) is 15.1. The largest absolute Gasteiger partial charge is 0.264 e. The Bertz CT molecular complexity index is 1160. The van der Waals surface area contributed by atoms with Crippen LogP contribution in [-0.4, -0.2) is 29.2 Å². The van der Waals surface area contributed by atoms with Crippen LogP contribution in [0, 0.1) is 0 Å². The van der Waals surface area contributed by atoms with Gasteiger partial charge in [-0.05, 0) is 41.6 Å². The number of benzene rings is 1. The van der Waals surface area contributed by atoms with Gasteiger partial charge in [0.15, 0.2) is 0 Å². The summed E-state index contributed by atoms with van der Waals surface area (Å²) in [7, 11) is -3.73. The summed E-state index contributed by atoms with van der Waals surface area (Å²) in [5.41, 5.74) is 1.35. The highest BCUT2D eigenvalue weighted by Crippen LogP contribution is 2.25. The Morgan fingerprint density at radius 3 is 2.61 bits per heavy atom. The highest BCUT2D eigenvalue weighted by Gasteiger charge is 2.27. The molecule has 0 saturated carbocycles. The van der Waals surface area contributed by atoms with E-state index in [2.05, 4.69) is 9.97 Å². The quantitative estimate of drug-likeness (QED) is 0.460. The lowest BCUT2D eigenvalue weighted by atomic mass is 10.2. The van der Waals surface area contributed by atoms with Crippen LogP contribution in [0.3, 0.4) is 0 Å². The van der Waals surface area contributed by atoms with Gasteiger partial charge in [0.1, 0.15) is 4.90 Å². The van der Waals surface area contributed by atoms with Gasteiger partial charge in [0, 0.05) is 41.9 Å². The number of hydrogen-bond acceptors (Lipinski definition) is 5. The summed E-state index contributed by atoms with van der Waals surface area (Å²) in [4.78, 5) is 9.84. The highest BCUT2D eigenvalue weighted by atomic mass is 32.2. The van der Waals surface area contributed by atoms with E-state index in [1.165, 1.54) is 4.31 Å². The van der Waals surface area contributed by atoms with Gasteiger partial charge in [0.25, 0.3) is 0 Å². The Hall–Kier alpha value is -2.61. The van der Waals surface area contributed by atoms with Crippen LogP contribution in [-0.2, 0) is 23.0 Å². The summed E-state index contributed by atoms with van der Waals surface area (Å²) in [6, 6.07) is 16.7. The summed E-state index contributed by atoms with van der Waals surface area (Å²) < 4.78 is 28.7. The van der Waals surface area contributed by atoms with Gasteiger partial charge in [-0.2, -0.15) is 4.31 Å². The molecule has 0 aliphatic rings. The molecule has 0 N–H and O–H groups in total. The molecule has 7 heteroatoms. The molecule has 4 aromatic rings. The van der Waals surface area contributed by atoms with E-state index < -0.39 is 10.0 Å². The molecule has 142 valence electrons. The van der Waals surface area contributed by atoms with Crippen LogP contribution >= 0.6 is 11.3 Å². The third-order valence-electron chi connectivity index (χ3n) is 4.48. The van der Waals surface area contributed by atoms with E-state index in [1.807, 2.05) is 47.8 Å². The first kappa shape index (κ1) is 18.7. The minimum atomic E-state index is -3.73. The van der Waals surface area contributed by atoms with Crippen molar-refractivity contribution in [3.8, 4) is 0 Å². The number of pyridine rings is 2. The number of sulfonamides is 1. The van der Waals surface area contributed by atoms with E-state index in [4.69, 9.17) is 0 Å². The molecule has 28 heavy (non-hydrogen) atoms. The first-order valence-corrected chi connectivity index (χ1v) is 11.2. The molecular formula is C21H19N3O2S2. The molecular weight excluding hydrogens is 390 g/mol. The van der Waals surface area contributed by atoms with Gasteiger partial charge in [-0.15, -0.1) is 11.3 Å².